The van der Waals surface area contributed by atoms with Crippen molar-refractivity contribution in [3.63, 3.8) is 0 Å². The summed E-state index contributed by atoms with van der Waals surface area (Å²) in [5, 5.41) is 9.78. The molecule has 1 aromatic carbocycles. The van der Waals surface area contributed by atoms with E-state index in [0.29, 0.717) is 0 Å². The number of carboxylic acids is 1. The van der Waals surface area contributed by atoms with Crippen LogP contribution in [0.5, 0.6) is 5.75 Å². The minimum atomic E-state index is -1.35. The van der Waals surface area contributed by atoms with Gasteiger partial charge in [0, 0.05) is 13.1 Å². The first kappa shape index (κ1) is 17.9. The summed E-state index contributed by atoms with van der Waals surface area (Å²) < 4.78 is 5.27. The van der Waals surface area contributed by atoms with Crippen LogP contribution in [0.1, 0.15) is 13.8 Å². The molecule has 0 spiro atoms. The molecule has 1 N–H and O–H groups in total. The lowest BCUT2D eigenvalue weighted by Crippen LogP contribution is -2.52. The van der Waals surface area contributed by atoms with Crippen molar-refractivity contribution in [3.8, 4) is 5.75 Å². The molecule has 0 aliphatic heterocycles. The number of rotatable bonds is 5. The molecule has 0 radical (unpaired) electrons. The first-order valence-electron chi connectivity index (χ1n) is 5.84. The van der Waals surface area contributed by atoms with E-state index in [2.05, 4.69) is 0 Å². The van der Waals surface area contributed by atoms with Gasteiger partial charge in [0.05, 0.1) is 15.1 Å². The van der Waals surface area contributed by atoms with Crippen LogP contribution in [-0.4, -0.2) is 41.1 Å². The summed E-state index contributed by atoms with van der Waals surface area (Å²) in [6.45, 7) is 2.46. The summed E-state index contributed by atoms with van der Waals surface area (Å²) in [4.78, 5) is 24.1. The Morgan fingerprint density at radius 3 is 2.24 bits per heavy atom. The molecule has 21 heavy (non-hydrogen) atoms. The standard InChI is InChI=1S/C13H14Cl3NO4/c1-13(2,12(19)20)17(3)11(18)6-21-10-5-8(15)7(14)4-9(10)16/h4-5H,6H2,1-3H3,(H,19,20). The molecule has 0 atom stereocenters. The normalized spacial score (nSPS) is 11.1. The van der Waals surface area contributed by atoms with Gasteiger partial charge in [-0.2, -0.15) is 0 Å². The summed E-state index contributed by atoms with van der Waals surface area (Å²) in [7, 11) is 1.39. The third kappa shape index (κ3) is 4.15. The predicted molar refractivity (Wildman–Crippen MR) is 81.5 cm³/mol. The number of carboxylic acid groups (broad SMARTS) is 1. The van der Waals surface area contributed by atoms with E-state index >= 15 is 0 Å². The first-order valence-corrected chi connectivity index (χ1v) is 6.98. The number of ether oxygens (including phenoxy) is 1. The summed E-state index contributed by atoms with van der Waals surface area (Å²) >= 11 is 17.5. The topological polar surface area (TPSA) is 66.8 Å². The third-order valence-corrected chi connectivity index (χ3v) is 4.08. The molecule has 1 rings (SSSR count). The number of hydrogen-bond donors (Lipinski definition) is 1. The van der Waals surface area contributed by atoms with Gasteiger partial charge in [-0.15, -0.1) is 0 Å². The number of aliphatic carboxylic acids is 1. The van der Waals surface area contributed by atoms with Crippen LogP contribution in [0.4, 0.5) is 0 Å². The first-order chi connectivity index (χ1) is 9.57. The molecule has 0 aromatic heterocycles. The quantitative estimate of drug-likeness (QED) is 0.824. The zero-order valence-corrected chi connectivity index (χ0v) is 13.9. The van der Waals surface area contributed by atoms with Gasteiger partial charge in [0.2, 0.25) is 0 Å². The van der Waals surface area contributed by atoms with E-state index in [-0.39, 0.29) is 27.4 Å². The van der Waals surface area contributed by atoms with Crippen molar-refractivity contribution in [2.24, 2.45) is 0 Å². The van der Waals surface area contributed by atoms with Crippen molar-refractivity contribution in [1.29, 1.82) is 0 Å². The summed E-state index contributed by atoms with van der Waals surface area (Å²) in [5.74, 6) is -1.43. The van der Waals surface area contributed by atoms with Crippen LogP contribution in [0.2, 0.25) is 15.1 Å². The van der Waals surface area contributed by atoms with Gasteiger partial charge in [0.25, 0.3) is 5.91 Å². The highest BCUT2D eigenvalue weighted by molar-refractivity contribution is 6.43. The second-order valence-electron chi connectivity index (χ2n) is 4.80. The van der Waals surface area contributed by atoms with E-state index < -0.39 is 17.4 Å². The fourth-order valence-corrected chi connectivity index (χ4v) is 1.90. The lowest BCUT2D eigenvalue weighted by atomic mass is 10.0. The molecule has 0 heterocycles. The van der Waals surface area contributed by atoms with Crippen LogP contribution in [0, 0.1) is 0 Å². The zero-order valence-electron chi connectivity index (χ0n) is 11.6. The molecule has 0 aliphatic carbocycles. The maximum absolute atomic E-state index is 12.0. The second kappa shape index (κ2) is 6.73. The average Bonchev–Trinajstić information content (AvgIpc) is 2.39. The van der Waals surface area contributed by atoms with Crippen molar-refractivity contribution in [2.75, 3.05) is 13.7 Å². The summed E-state index contributed by atoms with van der Waals surface area (Å²) in [5.41, 5.74) is -1.35. The van der Waals surface area contributed by atoms with E-state index in [9.17, 15) is 9.59 Å². The molecule has 116 valence electrons. The van der Waals surface area contributed by atoms with Crippen LogP contribution >= 0.6 is 34.8 Å². The third-order valence-electron chi connectivity index (χ3n) is 3.06. The van der Waals surface area contributed by atoms with Gasteiger partial charge in [-0.25, -0.2) is 4.79 Å². The van der Waals surface area contributed by atoms with E-state index in [1.54, 1.807) is 0 Å². The van der Waals surface area contributed by atoms with Crippen LogP contribution in [0.25, 0.3) is 0 Å². The van der Waals surface area contributed by atoms with Gasteiger partial charge in [0.1, 0.15) is 11.3 Å². The molecule has 0 fully saturated rings. The number of hydrogen-bond acceptors (Lipinski definition) is 3. The largest absolute Gasteiger partial charge is 0.482 e. The Morgan fingerprint density at radius 2 is 1.71 bits per heavy atom. The number of carbonyl (C=O) groups is 2. The van der Waals surface area contributed by atoms with Crippen molar-refractivity contribution in [1.82, 2.24) is 4.90 Å². The maximum atomic E-state index is 12.0. The smallest absolute Gasteiger partial charge is 0.329 e. The average molecular weight is 355 g/mol. The summed E-state index contributed by atoms with van der Waals surface area (Å²) in [6, 6.07) is 2.79. The number of benzene rings is 1. The molecule has 8 heteroatoms. The number of halogens is 3. The van der Waals surface area contributed by atoms with Crippen molar-refractivity contribution in [2.45, 2.75) is 19.4 Å². The van der Waals surface area contributed by atoms with Gasteiger partial charge < -0.3 is 14.7 Å². The fourth-order valence-electron chi connectivity index (χ4n) is 1.31. The number of carbonyl (C=O) groups excluding carboxylic acids is 1. The summed E-state index contributed by atoms with van der Waals surface area (Å²) in [6.07, 6.45) is 0. The van der Waals surface area contributed by atoms with Gasteiger partial charge in [0.15, 0.2) is 6.61 Å². The van der Waals surface area contributed by atoms with Gasteiger partial charge >= 0.3 is 5.97 Å². The maximum Gasteiger partial charge on any atom is 0.329 e. The highest BCUT2D eigenvalue weighted by Gasteiger charge is 2.35. The predicted octanol–water partition coefficient (Wildman–Crippen LogP) is 3.35. The fraction of sp³-hybridized carbons (Fsp3) is 0.385. The molecule has 1 aromatic rings. The van der Waals surface area contributed by atoms with Crippen LogP contribution in [-0.2, 0) is 9.59 Å². The van der Waals surface area contributed by atoms with Gasteiger partial charge in [-0.05, 0) is 19.9 Å². The van der Waals surface area contributed by atoms with Gasteiger partial charge in [-0.3, -0.25) is 4.79 Å². The van der Waals surface area contributed by atoms with Crippen molar-refractivity contribution < 1.29 is 19.4 Å². The Labute approximate surface area is 137 Å². The molecule has 1 amide bonds. The molecule has 0 saturated heterocycles. The minimum absolute atomic E-state index is 0.195. The van der Waals surface area contributed by atoms with E-state index in [0.717, 1.165) is 4.90 Å². The molecule has 0 bridgehead atoms. The van der Waals surface area contributed by atoms with E-state index in [4.69, 9.17) is 44.6 Å². The lowest BCUT2D eigenvalue weighted by molar-refractivity contribution is -0.156. The molecular weight excluding hydrogens is 341 g/mol. The second-order valence-corrected chi connectivity index (χ2v) is 6.02. The van der Waals surface area contributed by atoms with Crippen LogP contribution in [0.15, 0.2) is 12.1 Å². The molecule has 0 aliphatic rings. The molecular formula is C13H14Cl3NO4. The minimum Gasteiger partial charge on any atom is -0.482 e. The Balaban J connectivity index is 2.78. The van der Waals surface area contributed by atoms with E-state index in [1.807, 2.05) is 0 Å². The van der Waals surface area contributed by atoms with E-state index in [1.165, 1.54) is 33.0 Å². The lowest BCUT2D eigenvalue weighted by Gasteiger charge is -2.31. The molecule has 5 nitrogen and oxygen atoms in total. The SMILES string of the molecule is CN(C(=O)COc1cc(Cl)c(Cl)cc1Cl)C(C)(C)C(=O)O. The zero-order chi connectivity index (χ0) is 16.4. The van der Waals surface area contributed by atoms with Crippen molar-refractivity contribution in [3.05, 3.63) is 27.2 Å². The highest BCUT2D eigenvalue weighted by Crippen LogP contribution is 2.33. The Hall–Kier alpha value is -1.17. The van der Waals surface area contributed by atoms with Crippen LogP contribution in [0.3, 0.4) is 0 Å². The highest BCUT2D eigenvalue weighted by atomic mass is 35.5. The Kier molecular flexibility index (Phi) is 5.73. The number of likely N-dealkylation sites (N-methyl/N-ethyl adjacent to an activating group) is 1. The Morgan fingerprint density at radius 1 is 1.19 bits per heavy atom. The monoisotopic (exact) mass is 353 g/mol. The van der Waals surface area contributed by atoms with Crippen LogP contribution < -0.4 is 4.74 Å². The number of amides is 1. The molecule has 0 unspecified atom stereocenters. The molecule has 0 saturated carbocycles. The number of nitrogens with zero attached hydrogens (tertiary/aromatic N) is 1. The Bertz CT molecular complexity index is 575. The van der Waals surface area contributed by atoms with Gasteiger partial charge in [-0.1, -0.05) is 34.8 Å². The van der Waals surface area contributed by atoms with Crippen molar-refractivity contribution >= 4 is 46.7 Å².